The standard InChI is InChI=1S/C12H16ClF2NO/c13-9-7-17-16(10-6-12(10,14)15)11(9)8-4-2-1-3-5-8/h7-8,10-11H,1-6H2. The van der Waals surface area contributed by atoms with Crippen molar-refractivity contribution in [2.75, 3.05) is 0 Å². The zero-order valence-electron chi connectivity index (χ0n) is 9.54. The molecule has 1 aliphatic heterocycles. The van der Waals surface area contributed by atoms with E-state index in [9.17, 15) is 8.78 Å². The zero-order chi connectivity index (χ0) is 12.0. The Bertz CT molecular complexity index is 341. The molecule has 17 heavy (non-hydrogen) atoms. The average molecular weight is 264 g/mol. The average Bonchev–Trinajstić information content (AvgIpc) is 2.78. The number of hydrogen-bond donors (Lipinski definition) is 0. The number of alkyl halides is 2. The van der Waals surface area contributed by atoms with E-state index in [4.69, 9.17) is 16.4 Å². The Morgan fingerprint density at radius 2 is 1.94 bits per heavy atom. The maximum absolute atomic E-state index is 13.1. The van der Waals surface area contributed by atoms with Crippen molar-refractivity contribution < 1.29 is 13.6 Å². The highest BCUT2D eigenvalue weighted by Crippen LogP contribution is 2.50. The van der Waals surface area contributed by atoms with Gasteiger partial charge < -0.3 is 4.84 Å². The van der Waals surface area contributed by atoms with Crippen LogP contribution >= 0.6 is 11.6 Å². The second-order valence-corrected chi connectivity index (χ2v) is 5.73. The normalized spacial score (nSPS) is 37.7. The minimum atomic E-state index is -2.59. The third-order valence-electron chi connectivity index (χ3n) is 4.04. The lowest BCUT2D eigenvalue weighted by Gasteiger charge is -2.32. The first-order valence-corrected chi connectivity index (χ1v) is 6.66. The predicted molar refractivity (Wildman–Crippen MR) is 60.6 cm³/mol. The van der Waals surface area contributed by atoms with Crippen molar-refractivity contribution in [1.82, 2.24) is 5.06 Å². The molecule has 0 aromatic carbocycles. The Morgan fingerprint density at radius 1 is 1.29 bits per heavy atom. The molecule has 0 aromatic heterocycles. The number of hydroxylamine groups is 2. The summed E-state index contributed by atoms with van der Waals surface area (Å²) in [6.45, 7) is 0. The van der Waals surface area contributed by atoms with E-state index < -0.39 is 12.0 Å². The molecule has 0 bridgehead atoms. The molecule has 0 aromatic rings. The predicted octanol–water partition coefficient (Wildman–Crippen LogP) is 3.67. The number of halogens is 3. The molecule has 96 valence electrons. The molecule has 1 heterocycles. The minimum absolute atomic E-state index is 0.103. The zero-order valence-corrected chi connectivity index (χ0v) is 10.3. The summed E-state index contributed by atoms with van der Waals surface area (Å²) in [7, 11) is 0. The van der Waals surface area contributed by atoms with E-state index in [0.29, 0.717) is 11.0 Å². The van der Waals surface area contributed by atoms with Crippen LogP contribution in [0.4, 0.5) is 8.78 Å². The smallest absolute Gasteiger partial charge is 0.268 e. The van der Waals surface area contributed by atoms with Gasteiger partial charge in [0.2, 0.25) is 0 Å². The van der Waals surface area contributed by atoms with Gasteiger partial charge in [-0.2, -0.15) is 0 Å². The summed E-state index contributed by atoms with van der Waals surface area (Å²) in [5.74, 6) is -2.23. The molecule has 3 aliphatic rings. The van der Waals surface area contributed by atoms with Crippen LogP contribution in [0.3, 0.4) is 0 Å². The maximum Gasteiger partial charge on any atom is 0.268 e. The molecule has 2 aliphatic carbocycles. The van der Waals surface area contributed by atoms with Crippen LogP contribution in [0.15, 0.2) is 11.3 Å². The fourth-order valence-electron chi connectivity index (χ4n) is 2.99. The molecule has 2 unspecified atom stereocenters. The van der Waals surface area contributed by atoms with E-state index in [1.54, 1.807) is 0 Å². The highest BCUT2D eigenvalue weighted by molar-refractivity contribution is 6.30. The molecule has 3 rings (SSSR count). The lowest BCUT2D eigenvalue weighted by atomic mass is 9.83. The molecule has 0 spiro atoms. The van der Waals surface area contributed by atoms with Gasteiger partial charge in [0.15, 0.2) is 0 Å². The quantitative estimate of drug-likeness (QED) is 0.754. The molecular weight excluding hydrogens is 248 g/mol. The van der Waals surface area contributed by atoms with E-state index in [-0.39, 0.29) is 12.5 Å². The fourth-order valence-corrected chi connectivity index (χ4v) is 3.31. The van der Waals surface area contributed by atoms with E-state index in [1.807, 2.05) is 0 Å². The second kappa shape index (κ2) is 4.09. The monoisotopic (exact) mass is 263 g/mol. The first kappa shape index (κ1) is 11.7. The van der Waals surface area contributed by atoms with Crippen LogP contribution in [0.2, 0.25) is 0 Å². The SMILES string of the molecule is FC1(F)CC1N1OC=C(Cl)C1C1CCCCC1. The minimum Gasteiger partial charge on any atom is -0.411 e. The van der Waals surface area contributed by atoms with Crippen LogP contribution < -0.4 is 0 Å². The van der Waals surface area contributed by atoms with Gasteiger partial charge >= 0.3 is 0 Å². The summed E-state index contributed by atoms with van der Waals surface area (Å²) in [5, 5.41) is 2.03. The lowest BCUT2D eigenvalue weighted by Crippen LogP contribution is -2.40. The van der Waals surface area contributed by atoms with Crippen LogP contribution in [0.25, 0.3) is 0 Å². The third kappa shape index (κ3) is 2.06. The van der Waals surface area contributed by atoms with Crippen LogP contribution in [-0.2, 0) is 4.84 Å². The van der Waals surface area contributed by atoms with Gasteiger partial charge in [-0.15, -0.1) is 5.06 Å². The molecule has 2 nitrogen and oxygen atoms in total. The van der Waals surface area contributed by atoms with Crippen molar-refractivity contribution in [1.29, 1.82) is 0 Å². The Morgan fingerprint density at radius 3 is 2.53 bits per heavy atom. The molecule has 0 amide bonds. The molecular formula is C12H16ClF2NO. The van der Waals surface area contributed by atoms with Gasteiger partial charge in [-0.1, -0.05) is 30.9 Å². The van der Waals surface area contributed by atoms with Gasteiger partial charge in [0, 0.05) is 6.42 Å². The van der Waals surface area contributed by atoms with E-state index in [1.165, 1.54) is 30.6 Å². The van der Waals surface area contributed by atoms with Gasteiger partial charge in [-0.25, -0.2) is 8.78 Å². The topological polar surface area (TPSA) is 12.5 Å². The second-order valence-electron chi connectivity index (χ2n) is 5.29. The van der Waals surface area contributed by atoms with Gasteiger partial charge in [-0.3, -0.25) is 0 Å². The van der Waals surface area contributed by atoms with Crippen molar-refractivity contribution in [3.63, 3.8) is 0 Å². The van der Waals surface area contributed by atoms with E-state index in [0.717, 1.165) is 12.8 Å². The van der Waals surface area contributed by atoms with Crippen LogP contribution in [0, 0.1) is 5.92 Å². The van der Waals surface area contributed by atoms with Crippen molar-refractivity contribution in [2.45, 2.75) is 56.5 Å². The Labute approximate surface area is 105 Å². The number of rotatable bonds is 2. The summed E-state index contributed by atoms with van der Waals surface area (Å²) in [5.41, 5.74) is 0. The van der Waals surface area contributed by atoms with Crippen molar-refractivity contribution in [2.24, 2.45) is 5.92 Å². The summed E-state index contributed by atoms with van der Waals surface area (Å²) in [4.78, 5) is 5.25. The molecule has 5 heteroatoms. The highest BCUT2D eigenvalue weighted by atomic mass is 35.5. The molecule has 2 fully saturated rings. The van der Waals surface area contributed by atoms with Crippen molar-refractivity contribution in [3.8, 4) is 0 Å². The summed E-state index contributed by atoms with van der Waals surface area (Å²) in [6.07, 6.45) is 7.02. The van der Waals surface area contributed by atoms with Crippen LogP contribution in [0.5, 0.6) is 0 Å². The Hall–Kier alpha value is -0.350. The highest BCUT2D eigenvalue weighted by Gasteiger charge is 2.64. The fraction of sp³-hybridized carbons (Fsp3) is 0.833. The van der Waals surface area contributed by atoms with Crippen molar-refractivity contribution >= 4 is 11.6 Å². The van der Waals surface area contributed by atoms with Gasteiger partial charge in [0.25, 0.3) is 5.92 Å². The molecule has 0 radical (unpaired) electrons. The molecule has 0 saturated heterocycles. The van der Waals surface area contributed by atoms with E-state index in [2.05, 4.69) is 0 Å². The van der Waals surface area contributed by atoms with Crippen LogP contribution in [0.1, 0.15) is 38.5 Å². The Kier molecular flexibility index (Phi) is 2.82. The maximum atomic E-state index is 13.1. The summed E-state index contributed by atoms with van der Waals surface area (Å²) >= 11 is 6.12. The number of hydrogen-bond acceptors (Lipinski definition) is 2. The Balaban J connectivity index is 1.73. The number of nitrogens with zero attached hydrogens (tertiary/aromatic N) is 1. The van der Waals surface area contributed by atoms with E-state index >= 15 is 0 Å². The molecule has 2 atom stereocenters. The largest absolute Gasteiger partial charge is 0.411 e. The summed E-state index contributed by atoms with van der Waals surface area (Å²) in [6, 6.07) is -0.919. The first-order valence-electron chi connectivity index (χ1n) is 6.28. The molecule has 2 saturated carbocycles. The van der Waals surface area contributed by atoms with Gasteiger partial charge in [-0.05, 0) is 18.8 Å². The van der Waals surface area contributed by atoms with Crippen LogP contribution in [-0.4, -0.2) is 23.1 Å². The summed E-state index contributed by atoms with van der Waals surface area (Å²) < 4.78 is 26.3. The lowest BCUT2D eigenvalue weighted by molar-refractivity contribution is -0.146. The molecule has 0 N–H and O–H groups in total. The third-order valence-corrected chi connectivity index (χ3v) is 4.35. The first-order chi connectivity index (χ1) is 8.09. The van der Waals surface area contributed by atoms with Crippen molar-refractivity contribution in [3.05, 3.63) is 11.3 Å². The van der Waals surface area contributed by atoms with Gasteiger partial charge in [0.1, 0.15) is 12.3 Å². The van der Waals surface area contributed by atoms with Gasteiger partial charge in [0.05, 0.1) is 11.1 Å².